The Hall–Kier alpha value is -2.05. The zero-order valence-corrected chi connectivity index (χ0v) is 17.3. The summed E-state index contributed by atoms with van der Waals surface area (Å²) in [6.45, 7) is 3.29. The number of carbonyl (C=O) groups is 1. The fourth-order valence-electron chi connectivity index (χ4n) is 4.46. The number of aryl methyl sites for hydroxylation is 1. The average molecular weight is 405 g/mol. The number of piperidine rings is 1. The van der Waals surface area contributed by atoms with Crippen LogP contribution in [0.4, 0.5) is 0 Å². The Bertz CT molecular complexity index is 784. The molecule has 6 nitrogen and oxygen atoms in total. The lowest BCUT2D eigenvalue weighted by molar-refractivity contribution is -0.136. The molecule has 0 spiro atoms. The van der Waals surface area contributed by atoms with Gasteiger partial charge in [0.25, 0.3) is 0 Å². The molecule has 0 unspecified atom stereocenters. The molecule has 2 aliphatic rings. The van der Waals surface area contributed by atoms with Crippen molar-refractivity contribution in [3.05, 3.63) is 47.8 Å². The molecule has 0 aliphatic carbocycles. The topological polar surface area (TPSA) is 59.4 Å². The minimum atomic E-state index is 0. The number of likely N-dealkylation sites (tertiary alicyclic amines) is 1. The van der Waals surface area contributed by atoms with Crippen LogP contribution >= 0.6 is 12.4 Å². The van der Waals surface area contributed by atoms with Crippen molar-refractivity contribution in [3.63, 3.8) is 0 Å². The van der Waals surface area contributed by atoms with E-state index in [1.54, 1.807) is 7.11 Å². The first kappa shape index (κ1) is 20.7. The first-order valence-corrected chi connectivity index (χ1v) is 9.77. The summed E-state index contributed by atoms with van der Waals surface area (Å²) in [6.07, 6.45) is 5.98. The number of halogens is 1. The average Bonchev–Trinajstić information content (AvgIpc) is 3.36. The molecule has 1 aromatic carbocycles. The molecule has 0 radical (unpaired) electrons. The summed E-state index contributed by atoms with van der Waals surface area (Å²) in [4.78, 5) is 15.2. The fraction of sp³-hybridized carbons (Fsp3) is 0.524. The molecule has 1 aromatic heterocycles. The van der Waals surface area contributed by atoms with Crippen LogP contribution in [0.1, 0.15) is 35.8 Å². The van der Waals surface area contributed by atoms with E-state index in [-0.39, 0.29) is 24.2 Å². The van der Waals surface area contributed by atoms with Gasteiger partial charge in [-0.2, -0.15) is 5.10 Å². The van der Waals surface area contributed by atoms with Crippen molar-refractivity contribution in [1.82, 2.24) is 20.0 Å². The first-order chi connectivity index (χ1) is 13.2. The minimum Gasteiger partial charge on any atom is -0.497 e. The van der Waals surface area contributed by atoms with E-state index in [1.165, 1.54) is 5.56 Å². The van der Waals surface area contributed by atoms with E-state index in [4.69, 9.17) is 4.74 Å². The number of nitrogens with one attached hydrogen (secondary N) is 1. The summed E-state index contributed by atoms with van der Waals surface area (Å²) < 4.78 is 7.06. The van der Waals surface area contributed by atoms with Crippen molar-refractivity contribution in [1.29, 1.82) is 0 Å². The second-order valence-electron chi connectivity index (χ2n) is 7.69. The van der Waals surface area contributed by atoms with Crippen molar-refractivity contribution in [2.24, 2.45) is 13.0 Å². The molecule has 2 aromatic rings. The number of hydrogen-bond donors (Lipinski definition) is 1. The maximum Gasteiger partial charge on any atom is 0.227 e. The molecule has 28 heavy (non-hydrogen) atoms. The van der Waals surface area contributed by atoms with Gasteiger partial charge in [0.05, 0.1) is 19.2 Å². The van der Waals surface area contributed by atoms with E-state index in [0.717, 1.165) is 50.3 Å². The molecule has 1 amide bonds. The third-order valence-corrected chi connectivity index (χ3v) is 6.08. The van der Waals surface area contributed by atoms with E-state index in [9.17, 15) is 4.79 Å². The number of hydrogen-bond acceptors (Lipinski definition) is 4. The number of methoxy groups -OCH3 is 1. The number of ether oxygens (including phenoxy) is 1. The van der Waals surface area contributed by atoms with Gasteiger partial charge >= 0.3 is 0 Å². The maximum atomic E-state index is 13.2. The molecule has 0 bridgehead atoms. The van der Waals surface area contributed by atoms with E-state index in [0.29, 0.717) is 11.8 Å². The normalized spacial score (nSPS) is 22.7. The largest absolute Gasteiger partial charge is 0.497 e. The minimum absolute atomic E-state index is 0. The lowest BCUT2D eigenvalue weighted by Crippen LogP contribution is -2.43. The highest BCUT2D eigenvalue weighted by Gasteiger charge is 2.38. The molecule has 0 saturated carbocycles. The smallest absolute Gasteiger partial charge is 0.227 e. The molecule has 3 heterocycles. The lowest BCUT2D eigenvalue weighted by Gasteiger charge is -2.34. The molecule has 2 atom stereocenters. The Morgan fingerprint density at radius 3 is 2.46 bits per heavy atom. The van der Waals surface area contributed by atoms with Crippen molar-refractivity contribution in [2.45, 2.75) is 24.7 Å². The van der Waals surface area contributed by atoms with Gasteiger partial charge in [-0.1, -0.05) is 12.1 Å². The predicted octanol–water partition coefficient (Wildman–Crippen LogP) is 2.56. The van der Waals surface area contributed by atoms with Crippen LogP contribution in [0.2, 0.25) is 0 Å². The van der Waals surface area contributed by atoms with Crippen molar-refractivity contribution >= 4 is 18.3 Å². The van der Waals surface area contributed by atoms with E-state index >= 15 is 0 Å². The van der Waals surface area contributed by atoms with E-state index < -0.39 is 0 Å². The van der Waals surface area contributed by atoms with Crippen molar-refractivity contribution in [3.8, 4) is 5.75 Å². The summed E-state index contributed by atoms with van der Waals surface area (Å²) in [5, 5.41) is 7.68. The first-order valence-electron chi connectivity index (χ1n) is 9.77. The highest BCUT2D eigenvalue weighted by molar-refractivity contribution is 5.85. The van der Waals surface area contributed by atoms with Crippen molar-refractivity contribution in [2.75, 3.05) is 33.3 Å². The summed E-state index contributed by atoms with van der Waals surface area (Å²) in [7, 11) is 3.61. The highest BCUT2D eigenvalue weighted by atomic mass is 35.5. The van der Waals surface area contributed by atoms with Crippen LogP contribution in [-0.4, -0.2) is 53.9 Å². The molecule has 152 valence electrons. The standard InChI is InChI=1S/C21H28N4O2.ClH/c1-24-14-17(11-23-24)19-12-22-13-20(19)21(26)25-9-7-16(8-10-25)15-3-5-18(27-2)6-4-15;/h3-6,11,14,16,19-20,22H,7-10,12-13H2,1-2H3;1H/t19-,20+;/m1./s1. The summed E-state index contributed by atoms with van der Waals surface area (Å²) in [6, 6.07) is 8.35. The maximum absolute atomic E-state index is 13.2. The number of carbonyl (C=O) groups excluding carboxylic acids is 1. The zero-order valence-electron chi connectivity index (χ0n) is 16.5. The van der Waals surface area contributed by atoms with Gasteiger partial charge in [0.15, 0.2) is 0 Å². The quantitative estimate of drug-likeness (QED) is 0.850. The Kier molecular flexibility index (Phi) is 6.62. The lowest BCUT2D eigenvalue weighted by atomic mass is 9.86. The van der Waals surface area contributed by atoms with Gasteiger partial charge in [0.2, 0.25) is 5.91 Å². The van der Waals surface area contributed by atoms with Gasteiger partial charge in [-0.3, -0.25) is 9.48 Å². The van der Waals surface area contributed by atoms with Gasteiger partial charge in [-0.25, -0.2) is 0 Å². The van der Waals surface area contributed by atoms with Crippen LogP contribution < -0.4 is 10.1 Å². The van der Waals surface area contributed by atoms with Crippen LogP contribution in [0.3, 0.4) is 0 Å². The summed E-state index contributed by atoms with van der Waals surface area (Å²) in [5.74, 6) is 1.96. The van der Waals surface area contributed by atoms with Crippen LogP contribution in [0.15, 0.2) is 36.7 Å². The molecular weight excluding hydrogens is 376 g/mol. The Morgan fingerprint density at radius 1 is 1.14 bits per heavy atom. The van der Waals surface area contributed by atoms with Gasteiger partial charge in [0, 0.05) is 45.3 Å². The zero-order chi connectivity index (χ0) is 18.8. The molecule has 4 rings (SSSR count). The summed E-state index contributed by atoms with van der Waals surface area (Å²) >= 11 is 0. The summed E-state index contributed by atoms with van der Waals surface area (Å²) in [5.41, 5.74) is 2.51. The predicted molar refractivity (Wildman–Crippen MR) is 111 cm³/mol. The van der Waals surface area contributed by atoms with Crippen LogP contribution in [0, 0.1) is 5.92 Å². The second-order valence-corrected chi connectivity index (χ2v) is 7.69. The van der Waals surface area contributed by atoms with Gasteiger partial charge < -0.3 is 15.0 Å². The van der Waals surface area contributed by atoms with Gasteiger partial charge in [-0.15, -0.1) is 12.4 Å². The van der Waals surface area contributed by atoms with Gasteiger partial charge in [0.1, 0.15) is 5.75 Å². The highest BCUT2D eigenvalue weighted by Crippen LogP contribution is 2.33. The van der Waals surface area contributed by atoms with Crippen LogP contribution in [0.25, 0.3) is 0 Å². The van der Waals surface area contributed by atoms with Crippen LogP contribution in [0.5, 0.6) is 5.75 Å². The molecule has 7 heteroatoms. The second kappa shape index (κ2) is 8.97. The Morgan fingerprint density at radius 2 is 1.86 bits per heavy atom. The number of amides is 1. The SMILES string of the molecule is COc1ccc(C2CCN(C(=O)[C@H]3CNC[C@@H]3c3cnn(C)c3)CC2)cc1.Cl. The molecule has 2 fully saturated rings. The third-order valence-electron chi connectivity index (χ3n) is 6.08. The van der Waals surface area contributed by atoms with Gasteiger partial charge in [-0.05, 0) is 42.0 Å². The molecule has 1 N–H and O–H groups in total. The van der Waals surface area contributed by atoms with Crippen molar-refractivity contribution < 1.29 is 9.53 Å². The molecule has 2 saturated heterocycles. The van der Waals surface area contributed by atoms with Crippen LogP contribution in [-0.2, 0) is 11.8 Å². The Balaban J connectivity index is 0.00000225. The Labute approximate surface area is 172 Å². The monoisotopic (exact) mass is 404 g/mol. The molecular formula is C21H29ClN4O2. The number of nitrogens with zero attached hydrogens (tertiary/aromatic N) is 3. The number of aromatic nitrogens is 2. The number of rotatable bonds is 4. The fourth-order valence-corrected chi connectivity index (χ4v) is 4.46. The van der Waals surface area contributed by atoms with E-state index in [1.807, 2.05) is 36.3 Å². The number of benzene rings is 1. The molecule has 2 aliphatic heterocycles. The van der Waals surface area contributed by atoms with E-state index in [2.05, 4.69) is 27.4 Å². The third kappa shape index (κ3) is 4.18.